The van der Waals surface area contributed by atoms with Gasteiger partial charge in [0.15, 0.2) is 0 Å². The van der Waals surface area contributed by atoms with Gasteiger partial charge in [0.25, 0.3) is 5.89 Å². The highest BCUT2D eigenvalue weighted by molar-refractivity contribution is 5.93. The predicted molar refractivity (Wildman–Crippen MR) is 95.6 cm³/mol. The van der Waals surface area contributed by atoms with E-state index in [4.69, 9.17) is 10.2 Å². The highest BCUT2D eigenvalue weighted by Gasteiger charge is 2.17. The maximum Gasteiger partial charge on any atom is 0.314 e. The van der Waals surface area contributed by atoms with Gasteiger partial charge in [-0.15, -0.1) is 20.4 Å². The molecule has 0 aliphatic heterocycles. The number of rotatable bonds is 6. The zero-order valence-corrected chi connectivity index (χ0v) is 14.7. The average molecular weight is 397 g/mol. The monoisotopic (exact) mass is 397 g/mol. The van der Waals surface area contributed by atoms with Crippen molar-refractivity contribution in [1.82, 2.24) is 30.4 Å². The van der Waals surface area contributed by atoms with Crippen LogP contribution in [-0.2, 0) is 6.54 Å². The summed E-state index contributed by atoms with van der Waals surface area (Å²) in [7, 11) is 0. The number of hydrogen-bond donors (Lipinski definition) is 1. The highest BCUT2D eigenvalue weighted by Crippen LogP contribution is 2.23. The standard InChI is InChI=1S/C18H13F2N7O2/c19-14(20)18-24-23-17(29-18)13-3-1-10(2-4-13)9-27-25-16(22-26-27)12-7-5-11(6-8-12)15(21)28/h1-8,14H,9H2,(H2,21,28). The molecule has 11 heteroatoms. The molecule has 146 valence electrons. The van der Waals surface area contributed by atoms with Gasteiger partial charge in [-0.25, -0.2) is 0 Å². The van der Waals surface area contributed by atoms with Crippen LogP contribution < -0.4 is 5.73 Å². The van der Waals surface area contributed by atoms with Crippen LogP contribution in [0.1, 0.15) is 28.2 Å². The fourth-order valence-corrected chi connectivity index (χ4v) is 2.56. The third-order valence-corrected chi connectivity index (χ3v) is 4.03. The second-order valence-corrected chi connectivity index (χ2v) is 6.03. The van der Waals surface area contributed by atoms with E-state index in [1.807, 2.05) is 0 Å². The number of nitrogens with zero attached hydrogens (tertiary/aromatic N) is 6. The molecule has 29 heavy (non-hydrogen) atoms. The number of benzene rings is 2. The lowest BCUT2D eigenvalue weighted by molar-refractivity contribution is 0.1000. The van der Waals surface area contributed by atoms with Crippen LogP contribution in [0.4, 0.5) is 8.78 Å². The quantitative estimate of drug-likeness (QED) is 0.530. The number of primary amides is 1. The van der Waals surface area contributed by atoms with Crippen molar-refractivity contribution in [1.29, 1.82) is 0 Å². The number of halogens is 2. The molecule has 2 heterocycles. The molecule has 0 atom stereocenters. The Kier molecular flexibility index (Phi) is 4.77. The van der Waals surface area contributed by atoms with E-state index >= 15 is 0 Å². The Hall–Kier alpha value is -4.02. The number of carbonyl (C=O) groups is 1. The first kappa shape index (κ1) is 18.3. The Morgan fingerprint density at radius 3 is 2.31 bits per heavy atom. The molecule has 2 N–H and O–H groups in total. The molecular formula is C18H13F2N7O2. The van der Waals surface area contributed by atoms with Crippen LogP contribution in [0.25, 0.3) is 22.8 Å². The van der Waals surface area contributed by atoms with Gasteiger partial charge >= 0.3 is 6.43 Å². The molecular weight excluding hydrogens is 384 g/mol. The summed E-state index contributed by atoms with van der Waals surface area (Å²) >= 11 is 0. The number of tetrazole rings is 1. The normalized spacial score (nSPS) is 11.1. The third kappa shape index (κ3) is 3.98. The smallest absolute Gasteiger partial charge is 0.314 e. The van der Waals surface area contributed by atoms with Crippen LogP contribution in [0.15, 0.2) is 52.9 Å². The summed E-state index contributed by atoms with van der Waals surface area (Å²) < 4.78 is 30.0. The lowest BCUT2D eigenvalue weighted by Gasteiger charge is -2.01. The number of carbonyl (C=O) groups excluding carboxylic acids is 1. The van der Waals surface area contributed by atoms with E-state index in [0.717, 1.165) is 5.56 Å². The predicted octanol–water partition coefficient (Wildman–Crippen LogP) is 2.47. The highest BCUT2D eigenvalue weighted by atomic mass is 19.3. The molecule has 2 aromatic carbocycles. The number of hydrogen-bond acceptors (Lipinski definition) is 7. The van der Waals surface area contributed by atoms with Gasteiger partial charge in [0, 0.05) is 16.7 Å². The Balaban J connectivity index is 1.46. The lowest BCUT2D eigenvalue weighted by atomic mass is 10.1. The summed E-state index contributed by atoms with van der Waals surface area (Å²) in [6, 6.07) is 13.5. The molecule has 4 rings (SSSR count). The molecule has 0 spiro atoms. The van der Waals surface area contributed by atoms with Crippen molar-refractivity contribution in [3.8, 4) is 22.8 Å². The molecule has 0 radical (unpaired) electrons. The first-order valence-electron chi connectivity index (χ1n) is 8.38. The summed E-state index contributed by atoms with van der Waals surface area (Å²) in [5.74, 6) is -0.801. The van der Waals surface area contributed by atoms with Gasteiger partial charge in [-0.2, -0.15) is 13.6 Å². The summed E-state index contributed by atoms with van der Waals surface area (Å²) in [5.41, 5.74) is 7.69. The summed E-state index contributed by atoms with van der Waals surface area (Å²) in [6.45, 7) is 0.346. The fourth-order valence-electron chi connectivity index (χ4n) is 2.56. The van der Waals surface area contributed by atoms with Crippen LogP contribution in [0, 0.1) is 0 Å². The SMILES string of the molecule is NC(=O)c1ccc(-c2nnn(Cc3ccc(-c4nnc(C(F)F)o4)cc3)n2)cc1. The van der Waals surface area contributed by atoms with Crippen molar-refractivity contribution < 1.29 is 18.0 Å². The summed E-state index contributed by atoms with van der Waals surface area (Å²) in [6.07, 6.45) is -2.81. The second-order valence-electron chi connectivity index (χ2n) is 6.03. The van der Waals surface area contributed by atoms with E-state index in [9.17, 15) is 13.6 Å². The minimum absolute atomic E-state index is 0.0208. The number of aromatic nitrogens is 6. The van der Waals surface area contributed by atoms with Crippen molar-refractivity contribution in [2.45, 2.75) is 13.0 Å². The van der Waals surface area contributed by atoms with Crippen LogP contribution in [0.5, 0.6) is 0 Å². The molecule has 0 aliphatic rings. The molecule has 0 fully saturated rings. The van der Waals surface area contributed by atoms with Crippen molar-refractivity contribution in [2.75, 3.05) is 0 Å². The minimum atomic E-state index is -2.81. The third-order valence-electron chi connectivity index (χ3n) is 4.03. The van der Waals surface area contributed by atoms with E-state index in [1.165, 1.54) is 4.80 Å². The van der Waals surface area contributed by atoms with Crippen molar-refractivity contribution in [3.05, 3.63) is 65.5 Å². The maximum atomic E-state index is 12.5. The van der Waals surface area contributed by atoms with Crippen LogP contribution >= 0.6 is 0 Å². The molecule has 2 aromatic heterocycles. The Morgan fingerprint density at radius 1 is 1.00 bits per heavy atom. The van der Waals surface area contributed by atoms with Gasteiger partial charge in [0.1, 0.15) is 0 Å². The Morgan fingerprint density at radius 2 is 1.69 bits per heavy atom. The van der Waals surface area contributed by atoms with E-state index in [0.29, 0.717) is 29.1 Å². The Bertz CT molecular complexity index is 1140. The summed E-state index contributed by atoms with van der Waals surface area (Å²) in [5, 5.41) is 19.2. The lowest BCUT2D eigenvalue weighted by Crippen LogP contribution is -2.10. The van der Waals surface area contributed by atoms with Crippen molar-refractivity contribution >= 4 is 5.91 Å². The van der Waals surface area contributed by atoms with E-state index < -0.39 is 18.2 Å². The molecule has 0 aliphatic carbocycles. The molecule has 0 unspecified atom stereocenters. The molecule has 0 bridgehead atoms. The average Bonchev–Trinajstić information content (AvgIpc) is 3.39. The maximum absolute atomic E-state index is 12.5. The minimum Gasteiger partial charge on any atom is -0.415 e. The van der Waals surface area contributed by atoms with Crippen molar-refractivity contribution in [2.24, 2.45) is 5.73 Å². The zero-order valence-electron chi connectivity index (χ0n) is 14.7. The first-order valence-corrected chi connectivity index (χ1v) is 8.38. The fraction of sp³-hybridized carbons (Fsp3) is 0.111. The Labute approximate surface area is 162 Å². The van der Waals surface area contributed by atoms with Gasteiger partial charge < -0.3 is 10.2 Å². The largest absolute Gasteiger partial charge is 0.415 e. The van der Waals surface area contributed by atoms with E-state index in [2.05, 4.69) is 25.6 Å². The number of amides is 1. The second kappa shape index (κ2) is 7.54. The summed E-state index contributed by atoms with van der Waals surface area (Å²) in [4.78, 5) is 12.5. The molecule has 1 amide bonds. The molecule has 0 saturated carbocycles. The molecule has 0 saturated heterocycles. The zero-order chi connectivity index (χ0) is 20.4. The molecule has 9 nitrogen and oxygen atoms in total. The van der Waals surface area contributed by atoms with Crippen LogP contribution in [0.2, 0.25) is 0 Å². The van der Waals surface area contributed by atoms with Gasteiger partial charge in [0.05, 0.1) is 6.54 Å². The topological polar surface area (TPSA) is 126 Å². The van der Waals surface area contributed by atoms with E-state index in [-0.39, 0.29) is 5.89 Å². The molecule has 4 aromatic rings. The van der Waals surface area contributed by atoms with Gasteiger partial charge in [0.2, 0.25) is 17.6 Å². The number of alkyl halides is 2. The van der Waals surface area contributed by atoms with Gasteiger partial charge in [-0.1, -0.05) is 24.3 Å². The van der Waals surface area contributed by atoms with Crippen LogP contribution in [0.3, 0.4) is 0 Å². The first-order chi connectivity index (χ1) is 14.0. The van der Waals surface area contributed by atoms with Gasteiger partial charge in [-0.05, 0) is 35.0 Å². The van der Waals surface area contributed by atoms with E-state index in [1.54, 1.807) is 48.5 Å². The van der Waals surface area contributed by atoms with Gasteiger partial charge in [-0.3, -0.25) is 4.79 Å². The number of nitrogens with two attached hydrogens (primary N) is 1. The van der Waals surface area contributed by atoms with Crippen molar-refractivity contribution in [3.63, 3.8) is 0 Å². The van der Waals surface area contributed by atoms with Crippen LogP contribution in [-0.4, -0.2) is 36.3 Å².